The van der Waals surface area contributed by atoms with Gasteiger partial charge in [0.25, 0.3) is 0 Å². The molecule has 1 aliphatic rings. The summed E-state index contributed by atoms with van der Waals surface area (Å²) in [7, 11) is -0.443. The normalized spacial score (nSPS) is 19.9. The number of aryl methyl sites for hydroxylation is 2. The summed E-state index contributed by atoms with van der Waals surface area (Å²) in [5, 5.41) is 8.72. The summed E-state index contributed by atoms with van der Waals surface area (Å²) in [5.41, 5.74) is 2.28. The third-order valence-electron chi connectivity index (χ3n) is 4.24. The number of nitriles is 1. The molecule has 0 N–H and O–H groups in total. The lowest BCUT2D eigenvalue weighted by Crippen LogP contribution is -2.41. The number of pyridine rings is 1. The van der Waals surface area contributed by atoms with Crippen molar-refractivity contribution in [2.45, 2.75) is 58.7 Å². The SMILES string of the molecule is Cc1cnc(B2OC(C)(C)C(C)(C)O2)cc1CCC#N. The molecular weight excluding hydrogens is 251 g/mol. The van der Waals surface area contributed by atoms with Crippen LogP contribution in [0.5, 0.6) is 0 Å². The van der Waals surface area contributed by atoms with Gasteiger partial charge in [0.1, 0.15) is 0 Å². The topological polar surface area (TPSA) is 55.1 Å². The van der Waals surface area contributed by atoms with Crippen LogP contribution in [-0.2, 0) is 15.7 Å². The monoisotopic (exact) mass is 272 g/mol. The van der Waals surface area contributed by atoms with Crippen molar-refractivity contribution in [3.05, 3.63) is 23.4 Å². The van der Waals surface area contributed by atoms with E-state index in [4.69, 9.17) is 14.6 Å². The Balaban J connectivity index is 2.25. The molecule has 0 saturated carbocycles. The van der Waals surface area contributed by atoms with Crippen molar-refractivity contribution in [1.29, 1.82) is 5.26 Å². The van der Waals surface area contributed by atoms with Gasteiger partial charge in [0.15, 0.2) is 0 Å². The molecule has 0 atom stereocenters. The molecule has 1 aromatic heterocycles. The number of hydrogen-bond acceptors (Lipinski definition) is 4. The van der Waals surface area contributed by atoms with E-state index in [-0.39, 0.29) is 11.2 Å². The van der Waals surface area contributed by atoms with E-state index in [2.05, 4.69) is 11.1 Å². The molecule has 106 valence electrons. The molecule has 0 amide bonds. The first kappa shape index (κ1) is 15.0. The van der Waals surface area contributed by atoms with Gasteiger partial charge < -0.3 is 9.31 Å². The van der Waals surface area contributed by atoms with Crippen LogP contribution in [0.25, 0.3) is 0 Å². The summed E-state index contributed by atoms with van der Waals surface area (Å²) in [5.74, 6) is 0. The van der Waals surface area contributed by atoms with E-state index in [0.29, 0.717) is 6.42 Å². The van der Waals surface area contributed by atoms with Gasteiger partial charge in [-0.25, -0.2) is 0 Å². The molecule has 5 heteroatoms. The van der Waals surface area contributed by atoms with Gasteiger partial charge >= 0.3 is 7.12 Å². The van der Waals surface area contributed by atoms with Gasteiger partial charge in [0.2, 0.25) is 0 Å². The van der Waals surface area contributed by atoms with E-state index < -0.39 is 7.12 Å². The lowest BCUT2D eigenvalue weighted by atomic mass is 9.82. The van der Waals surface area contributed by atoms with E-state index in [1.54, 1.807) is 0 Å². The second-order valence-corrected chi connectivity index (χ2v) is 6.28. The van der Waals surface area contributed by atoms with Crippen molar-refractivity contribution in [3.63, 3.8) is 0 Å². The van der Waals surface area contributed by atoms with Crippen molar-refractivity contribution < 1.29 is 9.31 Å². The fourth-order valence-electron chi connectivity index (χ4n) is 2.14. The van der Waals surface area contributed by atoms with Crippen LogP contribution in [0.4, 0.5) is 0 Å². The molecule has 20 heavy (non-hydrogen) atoms. The molecule has 1 aromatic rings. The first-order valence-corrected chi connectivity index (χ1v) is 6.95. The molecule has 2 rings (SSSR count). The van der Waals surface area contributed by atoms with Crippen molar-refractivity contribution in [2.75, 3.05) is 0 Å². The molecule has 0 unspecified atom stereocenters. The number of hydrogen-bond donors (Lipinski definition) is 0. The Kier molecular flexibility index (Phi) is 3.90. The first-order valence-electron chi connectivity index (χ1n) is 6.95. The van der Waals surface area contributed by atoms with E-state index in [0.717, 1.165) is 23.1 Å². The summed E-state index contributed by atoms with van der Waals surface area (Å²) in [4.78, 5) is 4.43. The van der Waals surface area contributed by atoms with Crippen LogP contribution >= 0.6 is 0 Å². The Morgan fingerprint density at radius 1 is 1.25 bits per heavy atom. The fourth-order valence-corrected chi connectivity index (χ4v) is 2.14. The van der Waals surface area contributed by atoms with Crippen LogP contribution in [0.3, 0.4) is 0 Å². The molecule has 1 saturated heterocycles. The Hall–Kier alpha value is -1.38. The zero-order valence-corrected chi connectivity index (χ0v) is 12.9. The smallest absolute Gasteiger partial charge is 0.398 e. The zero-order valence-electron chi connectivity index (χ0n) is 12.9. The van der Waals surface area contributed by atoms with Gasteiger partial charge in [0, 0.05) is 12.6 Å². The van der Waals surface area contributed by atoms with Gasteiger partial charge in [-0.2, -0.15) is 5.26 Å². The molecule has 1 fully saturated rings. The van der Waals surface area contributed by atoms with E-state index in [9.17, 15) is 0 Å². The second-order valence-electron chi connectivity index (χ2n) is 6.28. The van der Waals surface area contributed by atoms with Crippen LogP contribution in [0, 0.1) is 18.3 Å². The van der Waals surface area contributed by atoms with Crippen molar-refractivity contribution in [3.8, 4) is 6.07 Å². The lowest BCUT2D eigenvalue weighted by molar-refractivity contribution is 0.00578. The van der Waals surface area contributed by atoms with E-state index in [1.807, 2.05) is 46.9 Å². The Bertz CT molecular complexity index is 533. The van der Waals surface area contributed by atoms with Gasteiger partial charge in [-0.1, -0.05) is 0 Å². The van der Waals surface area contributed by atoms with Gasteiger partial charge in [0.05, 0.1) is 22.9 Å². The molecule has 0 bridgehead atoms. The minimum absolute atomic E-state index is 0.364. The minimum atomic E-state index is -0.443. The Labute approximate surface area is 121 Å². The number of nitrogens with zero attached hydrogens (tertiary/aromatic N) is 2. The maximum Gasteiger partial charge on any atom is 0.514 e. The minimum Gasteiger partial charge on any atom is -0.398 e. The van der Waals surface area contributed by atoms with Crippen LogP contribution in [0.1, 0.15) is 45.2 Å². The lowest BCUT2D eigenvalue weighted by Gasteiger charge is -2.32. The fraction of sp³-hybridized carbons (Fsp3) is 0.600. The maximum absolute atomic E-state index is 8.72. The summed E-state index contributed by atoms with van der Waals surface area (Å²) in [6.07, 6.45) is 3.07. The maximum atomic E-state index is 8.72. The molecule has 4 nitrogen and oxygen atoms in total. The van der Waals surface area contributed by atoms with E-state index in [1.165, 1.54) is 0 Å². The van der Waals surface area contributed by atoms with Crippen LogP contribution in [0.2, 0.25) is 0 Å². The first-order chi connectivity index (χ1) is 9.27. The molecule has 0 radical (unpaired) electrons. The predicted molar refractivity (Wildman–Crippen MR) is 78.6 cm³/mol. The molecule has 1 aliphatic heterocycles. The molecule has 0 aromatic carbocycles. The molecule has 2 heterocycles. The highest BCUT2D eigenvalue weighted by atomic mass is 16.7. The highest BCUT2D eigenvalue weighted by molar-refractivity contribution is 6.61. The predicted octanol–water partition coefficient (Wildman–Crippen LogP) is 2.15. The van der Waals surface area contributed by atoms with Gasteiger partial charge in [-0.05, 0) is 58.2 Å². The number of rotatable bonds is 3. The third kappa shape index (κ3) is 2.72. The Morgan fingerprint density at radius 2 is 1.85 bits per heavy atom. The van der Waals surface area contributed by atoms with Crippen LogP contribution in [-0.4, -0.2) is 23.3 Å². The van der Waals surface area contributed by atoms with Crippen molar-refractivity contribution >= 4 is 12.7 Å². The van der Waals surface area contributed by atoms with Crippen LogP contribution < -0.4 is 5.59 Å². The van der Waals surface area contributed by atoms with Gasteiger partial charge in [-0.3, -0.25) is 4.98 Å². The largest absolute Gasteiger partial charge is 0.514 e. The highest BCUT2D eigenvalue weighted by Crippen LogP contribution is 2.36. The number of aromatic nitrogens is 1. The molecule has 0 spiro atoms. The zero-order chi connectivity index (χ0) is 15.0. The van der Waals surface area contributed by atoms with Crippen molar-refractivity contribution in [1.82, 2.24) is 4.98 Å². The molecule has 0 aliphatic carbocycles. The van der Waals surface area contributed by atoms with E-state index >= 15 is 0 Å². The summed E-state index contributed by atoms with van der Waals surface area (Å²) in [6.45, 7) is 10.1. The van der Waals surface area contributed by atoms with Crippen molar-refractivity contribution in [2.24, 2.45) is 0 Å². The second kappa shape index (κ2) is 5.19. The summed E-state index contributed by atoms with van der Waals surface area (Å²) in [6, 6.07) is 4.17. The van der Waals surface area contributed by atoms with Gasteiger partial charge in [-0.15, -0.1) is 0 Å². The Morgan fingerprint density at radius 3 is 2.40 bits per heavy atom. The van der Waals surface area contributed by atoms with Crippen LogP contribution in [0.15, 0.2) is 12.3 Å². The standard InChI is InChI=1S/C15H21BN2O2/c1-11-10-18-13(9-12(11)7-6-8-17)16-19-14(2,3)15(4,5)20-16/h9-10H,6-7H2,1-5H3. The average molecular weight is 272 g/mol. The molecular formula is C15H21BN2O2. The average Bonchev–Trinajstić information content (AvgIpc) is 2.57. The summed E-state index contributed by atoms with van der Waals surface area (Å²) >= 11 is 0. The quantitative estimate of drug-likeness (QED) is 0.791. The third-order valence-corrected chi connectivity index (χ3v) is 4.24. The summed E-state index contributed by atoms with van der Waals surface area (Å²) < 4.78 is 12.0. The highest BCUT2D eigenvalue weighted by Gasteiger charge is 2.52.